The predicted octanol–water partition coefficient (Wildman–Crippen LogP) is 2.99. The maximum atomic E-state index is 6.05. The summed E-state index contributed by atoms with van der Waals surface area (Å²) in [5.41, 5.74) is 0.520. The van der Waals surface area contributed by atoms with Gasteiger partial charge in [-0.05, 0) is 44.1 Å². The molecule has 1 unspecified atom stereocenters. The largest absolute Gasteiger partial charge is 0.383 e. The fourth-order valence-electron chi connectivity index (χ4n) is 2.51. The number of methoxy groups -OCH3 is 1. The van der Waals surface area contributed by atoms with Crippen molar-refractivity contribution < 1.29 is 9.47 Å². The van der Waals surface area contributed by atoms with Gasteiger partial charge in [-0.15, -0.1) is 0 Å². The Morgan fingerprint density at radius 3 is 2.44 bits per heavy atom. The van der Waals surface area contributed by atoms with Crippen molar-refractivity contribution in [3.8, 4) is 0 Å². The highest BCUT2D eigenvalue weighted by atomic mass is 16.5. The summed E-state index contributed by atoms with van der Waals surface area (Å²) in [7, 11) is 1.75. The summed E-state index contributed by atoms with van der Waals surface area (Å²) in [6, 6.07) is 0.338. The molecule has 1 aliphatic rings. The zero-order chi connectivity index (χ0) is 13.4. The van der Waals surface area contributed by atoms with E-state index in [2.05, 4.69) is 26.1 Å². The molecule has 0 spiro atoms. The molecule has 0 bridgehead atoms. The zero-order valence-electron chi connectivity index (χ0n) is 12.6. The second kappa shape index (κ2) is 8.13. The minimum Gasteiger partial charge on any atom is -0.383 e. The van der Waals surface area contributed by atoms with E-state index in [-0.39, 0.29) is 0 Å². The van der Waals surface area contributed by atoms with E-state index in [9.17, 15) is 0 Å². The molecule has 0 amide bonds. The molecule has 0 aromatic heterocycles. The topological polar surface area (TPSA) is 30.5 Å². The Bertz CT molecular complexity index is 209. The quantitative estimate of drug-likeness (QED) is 0.725. The van der Waals surface area contributed by atoms with Crippen molar-refractivity contribution in [2.75, 3.05) is 26.9 Å². The second-order valence-corrected chi connectivity index (χ2v) is 6.30. The first kappa shape index (κ1) is 15.9. The lowest BCUT2D eigenvalue weighted by atomic mass is 9.76. The molecule has 0 aliphatic heterocycles. The lowest BCUT2D eigenvalue weighted by Gasteiger charge is -2.34. The molecule has 0 aromatic rings. The minimum absolute atomic E-state index is 0.338. The summed E-state index contributed by atoms with van der Waals surface area (Å²) in [6.45, 7) is 9.45. The van der Waals surface area contributed by atoms with Crippen molar-refractivity contribution in [2.45, 2.75) is 65.0 Å². The molecule has 108 valence electrons. The van der Waals surface area contributed by atoms with Crippen LogP contribution in [0.4, 0.5) is 0 Å². The first-order valence-corrected chi connectivity index (χ1v) is 7.41. The fraction of sp³-hybridized carbons (Fsp3) is 1.00. The van der Waals surface area contributed by atoms with Crippen LogP contribution >= 0.6 is 0 Å². The lowest BCUT2D eigenvalue weighted by Crippen LogP contribution is -2.39. The van der Waals surface area contributed by atoms with Crippen molar-refractivity contribution in [3.63, 3.8) is 0 Å². The van der Waals surface area contributed by atoms with Crippen LogP contribution < -0.4 is 5.32 Å². The fourth-order valence-corrected chi connectivity index (χ4v) is 2.51. The van der Waals surface area contributed by atoms with Gasteiger partial charge in [0.1, 0.15) is 0 Å². The molecule has 0 heterocycles. The third-order valence-corrected chi connectivity index (χ3v) is 3.87. The summed E-state index contributed by atoms with van der Waals surface area (Å²) < 4.78 is 11.3. The van der Waals surface area contributed by atoms with Crippen molar-refractivity contribution in [1.82, 2.24) is 5.32 Å². The SMILES string of the molecule is CCCNC(COC)COC1CCC(C)(C)CC1. The Morgan fingerprint density at radius 1 is 1.22 bits per heavy atom. The van der Waals surface area contributed by atoms with Crippen LogP contribution in [0.5, 0.6) is 0 Å². The highest BCUT2D eigenvalue weighted by Gasteiger charge is 2.27. The molecular weight excluding hydrogens is 226 g/mol. The maximum absolute atomic E-state index is 6.05. The number of rotatable bonds is 8. The van der Waals surface area contributed by atoms with Crippen LogP contribution in [0.25, 0.3) is 0 Å². The molecular formula is C15H31NO2. The van der Waals surface area contributed by atoms with Crippen LogP contribution in [-0.2, 0) is 9.47 Å². The van der Waals surface area contributed by atoms with Crippen LogP contribution in [0, 0.1) is 5.41 Å². The molecule has 1 aliphatic carbocycles. The van der Waals surface area contributed by atoms with E-state index in [1.807, 2.05) is 0 Å². The molecule has 1 N–H and O–H groups in total. The maximum Gasteiger partial charge on any atom is 0.0645 e. The Hall–Kier alpha value is -0.120. The van der Waals surface area contributed by atoms with Gasteiger partial charge in [-0.2, -0.15) is 0 Å². The van der Waals surface area contributed by atoms with Gasteiger partial charge >= 0.3 is 0 Å². The highest BCUT2D eigenvalue weighted by Crippen LogP contribution is 2.36. The average molecular weight is 257 g/mol. The zero-order valence-corrected chi connectivity index (χ0v) is 12.6. The van der Waals surface area contributed by atoms with Gasteiger partial charge in [0.2, 0.25) is 0 Å². The van der Waals surface area contributed by atoms with E-state index in [4.69, 9.17) is 9.47 Å². The first-order valence-electron chi connectivity index (χ1n) is 7.41. The minimum atomic E-state index is 0.338. The summed E-state index contributed by atoms with van der Waals surface area (Å²) in [6.07, 6.45) is 6.60. The second-order valence-electron chi connectivity index (χ2n) is 6.30. The van der Waals surface area contributed by atoms with E-state index in [1.165, 1.54) is 25.7 Å². The predicted molar refractivity (Wildman–Crippen MR) is 75.9 cm³/mol. The summed E-state index contributed by atoms with van der Waals surface area (Å²) in [4.78, 5) is 0. The number of nitrogens with one attached hydrogen (secondary N) is 1. The van der Waals surface area contributed by atoms with Gasteiger partial charge in [0.25, 0.3) is 0 Å². The van der Waals surface area contributed by atoms with Gasteiger partial charge in [0, 0.05) is 7.11 Å². The van der Waals surface area contributed by atoms with Gasteiger partial charge in [-0.25, -0.2) is 0 Å². The standard InChI is InChI=1S/C15H31NO2/c1-5-10-16-13(11-17-4)12-18-14-6-8-15(2,3)9-7-14/h13-14,16H,5-12H2,1-4H3. The van der Waals surface area contributed by atoms with Crippen molar-refractivity contribution in [3.05, 3.63) is 0 Å². The summed E-state index contributed by atoms with van der Waals surface area (Å²) in [5.74, 6) is 0. The Balaban J connectivity index is 2.21. The normalized spacial score (nSPS) is 22.0. The molecule has 0 saturated heterocycles. The van der Waals surface area contributed by atoms with E-state index in [0.717, 1.165) is 26.2 Å². The van der Waals surface area contributed by atoms with Gasteiger partial charge in [0.05, 0.1) is 25.4 Å². The molecule has 3 nitrogen and oxygen atoms in total. The van der Waals surface area contributed by atoms with Gasteiger partial charge in [-0.3, -0.25) is 0 Å². The van der Waals surface area contributed by atoms with Gasteiger partial charge < -0.3 is 14.8 Å². The number of ether oxygens (including phenoxy) is 2. The van der Waals surface area contributed by atoms with E-state index >= 15 is 0 Å². The molecule has 1 rings (SSSR count). The van der Waals surface area contributed by atoms with Crippen molar-refractivity contribution in [1.29, 1.82) is 0 Å². The highest BCUT2D eigenvalue weighted by molar-refractivity contribution is 4.79. The third-order valence-electron chi connectivity index (χ3n) is 3.87. The summed E-state index contributed by atoms with van der Waals surface area (Å²) in [5, 5.41) is 3.48. The van der Waals surface area contributed by atoms with Crippen molar-refractivity contribution in [2.24, 2.45) is 5.41 Å². The van der Waals surface area contributed by atoms with Crippen LogP contribution in [0.1, 0.15) is 52.9 Å². The molecule has 0 radical (unpaired) electrons. The van der Waals surface area contributed by atoms with Crippen LogP contribution in [0.15, 0.2) is 0 Å². The molecule has 1 fully saturated rings. The van der Waals surface area contributed by atoms with Crippen LogP contribution in [-0.4, -0.2) is 39.0 Å². The van der Waals surface area contributed by atoms with E-state index in [0.29, 0.717) is 17.6 Å². The average Bonchev–Trinajstić information content (AvgIpc) is 2.34. The first-order chi connectivity index (χ1) is 8.57. The van der Waals surface area contributed by atoms with Crippen LogP contribution in [0.2, 0.25) is 0 Å². The summed E-state index contributed by atoms with van der Waals surface area (Å²) >= 11 is 0. The van der Waals surface area contributed by atoms with E-state index < -0.39 is 0 Å². The van der Waals surface area contributed by atoms with E-state index in [1.54, 1.807) is 7.11 Å². The Labute approximate surface area is 113 Å². The molecule has 1 atom stereocenters. The molecule has 0 aromatic carbocycles. The smallest absolute Gasteiger partial charge is 0.0645 e. The molecule has 3 heteroatoms. The van der Waals surface area contributed by atoms with Gasteiger partial charge in [0.15, 0.2) is 0 Å². The lowest BCUT2D eigenvalue weighted by molar-refractivity contribution is -0.0148. The third kappa shape index (κ3) is 6.17. The molecule has 18 heavy (non-hydrogen) atoms. The van der Waals surface area contributed by atoms with Crippen molar-refractivity contribution >= 4 is 0 Å². The van der Waals surface area contributed by atoms with Crippen LogP contribution in [0.3, 0.4) is 0 Å². The van der Waals surface area contributed by atoms with Gasteiger partial charge in [-0.1, -0.05) is 20.8 Å². The Kier molecular flexibility index (Phi) is 7.20. The molecule has 1 saturated carbocycles. The Morgan fingerprint density at radius 2 is 1.89 bits per heavy atom. The monoisotopic (exact) mass is 257 g/mol. The number of hydrogen-bond acceptors (Lipinski definition) is 3. The number of hydrogen-bond donors (Lipinski definition) is 1.